The lowest BCUT2D eigenvalue weighted by atomic mass is 9.82. The van der Waals surface area contributed by atoms with E-state index >= 15 is 0 Å². The van der Waals surface area contributed by atoms with Gasteiger partial charge in [-0.05, 0) is 41.1 Å². The Morgan fingerprint density at radius 3 is 2.84 bits per heavy atom. The van der Waals surface area contributed by atoms with Gasteiger partial charge in [-0.1, -0.05) is 0 Å². The molecule has 3 aromatic heterocycles. The molecule has 3 heterocycles. The molecule has 1 fully saturated rings. The summed E-state index contributed by atoms with van der Waals surface area (Å²) in [6.45, 7) is 0. The van der Waals surface area contributed by atoms with Gasteiger partial charge >= 0.3 is 12.1 Å². The van der Waals surface area contributed by atoms with Gasteiger partial charge in [-0.25, -0.2) is 15.0 Å². The summed E-state index contributed by atoms with van der Waals surface area (Å²) >= 11 is 0. The Hall–Kier alpha value is -3.57. The molecule has 0 amide bonds. The van der Waals surface area contributed by atoms with E-state index < -0.39 is 17.9 Å². The molecule has 2 atom stereocenters. The first-order valence-corrected chi connectivity index (χ1v) is 9.57. The Kier molecular flexibility index (Phi) is 5.78. The van der Waals surface area contributed by atoms with Crippen molar-refractivity contribution in [1.29, 1.82) is 0 Å². The van der Waals surface area contributed by atoms with Crippen molar-refractivity contribution in [2.45, 2.75) is 43.8 Å². The summed E-state index contributed by atoms with van der Waals surface area (Å²) in [5.74, 6) is 0.245. The van der Waals surface area contributed by atoms with Crippen LogP contribution in [-0.4, -0.2) is 26.2 Å². The molecule has 0 spiro atoms. The molecule has 0 aromatic carbocycles. The molecular weight excluding hydrogens is 415 g/mol. The van der Waals surface area contributed by atoms with Gasteiger partial charge < -0.3 is 10.4 Å². The van der Waals surface area contributed by atoms with Gasteiger partial charge in [-0.15, -0.1) is 0 Å². The van der Waals surface area contributed by atoms with Crippen LogP contribution in [0.3, 0.4) is 0 Å². The summed E-state index contributed by atoms with van der Waals surface area (Å²) in [5.41, 5.74) is -0.127. The molecule has 1 aliphatic carbocycles. The molecule has 1 saturated carbocycles. The van der Waals surface area contributed by atoms with Gasteiger partial charge in [0, 0.05) is 37.1 Å². The highest BCUT2D eigenvalue weighted by atomic mass is 19.4. The first kappa shape index (κ1) is 20.7. The number of alkyl halides is 3. The van der Waals surface area contributed by atoms with Gasteiger partial charge in [0.05, 0.1) is 6.02 Å². The van der Waals surface area contributed by atoms with Crippen LogP contribution < -0.4 is 15.1 Å². The van der Waals surface area contributed by atoms with Crippen molar-refractivity contribution in [1.82, 2.24) is 20.2 Å². The summed E-state index contributed by atoms with van der Waals surface area (Å²) < 4.78 is 44.9. The quantitative estimate of drug-likeness (QED) is 0.382. The molecule has 9 nitrogen and oxygen atoms in total. The molecule has 0 saturated heterocycles. The standard InChI is InChI=1S/C19H18F3N7O2/c20-19(21,22)16-7-14(4-5-25-16)26-18(30)27-17-10-29(28-31-17)15-3-1-2-12(6-15)13-8-23-11-24-9-13/h4-5,7-12,15H,1-3,6H2,(H-,25,26,27,28,30)/t12-,15+/m1/s1. The number of halogens is 3. The van der Waals surface area contributed by atoms with Gasteiger partial charge in [0.15, 0.2) is 6.04 Å². The highest BCUT2D eigenvalue weighted by molar-refractivity contribution is 5.86. The van der Waals surface area contributed by atoms with E-state index in [1.807, 2.05) is 12.4 Å². The van der Waals surface area contributed by atoms with Gasteiger partial charge in [-0.3, -0.25) is 9.51 Å². The molecule has 162 valence electrons. The Morgan fingerprint density at radius 1 is 1.26 bits per heavy atom. The maximum Gasteiger partial charge on any atom is 0.433 e. The molecule has 0 unspecified atom stereocenters. The SMILES string of the molecule is [O-]C(=Nc1c[n+]([C@H]2CCC[C@@H](c3cncnc3)C2)no1)Nc1ccnc(C(F)(F)F)c1. The number of pyridine rings is 1. The zero-order valence-electron chi connectivity index (χ0n) is 16.2. The molecule has 0 radical (unpaired) electrons. The van der Waals surface area contributed by atoms with Crippen LogP contribution in [0.25, 0.3) is 0 Å². The summed E-state index contributed by atoms with van der Waals surface area (Å²) in [6.07, 6.45) is 6.67. The fraction of sp³-hybridized carbons (Fsp3) is 0.368. The van der Waals surface area contributed by atoms with Crippen molar-refractivity contribution in [3.63, 3.8) is 0 Å². The maximum absolute atomic E-state index is 12.7. The molecule has 1 aliphatic rings. The zero-order chi connectivity index (χ0) is 21.8. The summed E-state index contributed by atoms with van der Waals surface area (Å²) in [7, 11) is 0. The van der Waals surface area contributed by atoms with Crippen molar-refractivity contribution in [3.8, 4) is 0 Å². The van der Waals surface area contributed by atoms with Crippen molar-refractivity contribution >= 4 is 17.6 Å². The summed E-state index contributed by atoms with van der Waals surface area (Å²) in [5, 5.41) is 18.3. The smallest absolute Gasteiger partial charge is 0.433 e. The van der Waals surface area contributed by atoms with Crippen LogP contribution in [0, 0.1) is 0 Å². The van der Waals surface area contributed by atoms with Crippen molar-refractivity contribution in [2.75, 3.05) is 5.32 Å². The number of rotatable bonds is 4. The minimum atomic E-state index is -4.61. The Morgan fingerprint density at radius 2 is 2.06 bits per heavy atom. The van der Waals surface area contributed by atoms with Crippen molar-refractivity contribution in [2.24, 2.45) is 4.99 Å². The van der Waals surface area contributed by atoms with Crippen LogP contribution in [0.15, 0.2) is 52.8 Å². The van der Waals surface area contributed by atoms with E-state index in [9.17, 15) is 18.3 Å². The summed E-state index contributed by atoms with van der Waals surface area (Å²) in [4.78, 5) is 15.1. The van der Waals surface area contributed by atoms with E-state index in [0.29, 0.717) is 5.92 Å². The largest absolute Gasteiger partial charge is 0.846 e. The van der Waals surface area contributed by atoms with Crippen LogP contribution >= 0.6 is 0 Å². The second-order valence-corrected chi connectivity index (χ2v) is 7.18. The van der Waals surface area contributed by atoms with Crippen LogP contribution in [0.2, 0.25) is 0 Å². The van der Waals surface area contributed by atoms with E-state index in [1.54, 1.807) is 4.68 Å². The average molecular weight is 433 g/mol. The lowest BCUT2D eigenvalue weighted by Crippen LogP contribution is -2.42. The van der Waals surface area contributed by atoms with E-state index in [1.165, 1.54) is 18.6 Å². The number of nitrogens with zero attached hydrogens (tertiary/aromatic N) is 6. The summed E-state index contributed by atoms with van der Waals surface area (Å²) in [6, 6.07) is 1.14. The molecule has 0 aliphatic heterocycles. The topological polar surface area (TPSA) is 116 Å². The van der Waals surface area contributed by atoms with E-state index in [-0.39, 0.29) is 17.6 Å². The number of amidine groups is 1. The van der Waals surface area contributed by atoms with E-state index in [4.69, 9.17) is 4.52 Å². The third-order valence-corrected chi connectivity index (χ3v) is 5.06. The van der Waals surface area contributed by atoms with Gasteiger partial charge in [0.1, 0.15) is 12.0 Å². The molecular formula is C19H18F3N7O2. The minimum Gasteiger partial charge on any atom is -0.846 e. The first-order chi connectivity index (χ1) is 14.9. The normalized spacial score (nSPS) is 19.9. The molecule has 4 rings (SSSR count). The number of nitrogens with one attached hydrogen (secondary N) is 1. The maximum atomic E-state index is 12.7. The molecule has 1 N–H and O–H groups in total. The monoisotopic (exact) mass is 433 g/mol. The Bertz CT molecular complexity index is 1060. The first-order valence-electron chi connectivity index (χ1n) is 9.57. The van der Waals surface area contributed by atoms with Crippen molar-refractivity contribution in [3.05, 3.63) is 54.5 Å². The van der Waals surface area contributed by atoms with Crippen LogP contribution in [-0.2, 0) is 6.18 Å². The van der Waals surface area contributed by atoms with Crippen LogP contribution in [0.1, 0.15) is 48.9 Å². The molecule has 12 heteroatoms. The van der Waals surface area contributed by atoms with Crippen LogP contribution in [0.4, 0.5) is 24.7 Å². The minimum absolute atomic E-state index is 0.0484. The zero-order valence-corrected chi connectivity index (χ0v) is 16.2. The van der Waals surface area contributed by atoms with Crippen molar-refractivity contribution < 1.29 is 27.5 Å². The van der Waals surface area contributed by atoms with Gasteiger partial charge in [-0.2, -0.15) is 13.2 Å². The number of anilines is 1. The Balaban J connectivity index is 1.43. The highest BCUT2D eigenvalue weighted by Crippen LogP contribution is 2.35. The van der Waals surface area contributed by atoms with E-state index in [0.717, 1.165) is 43.5 Å². The number of hydrogen-bond acceptors (Lipinski definition) is 7. The second kappa shape index (κ2) is 8.66. The second-order valence-electron chi connectivity index (χ2n) is 7.18. The molecule has 31 heavy (non-hydrogen) atoms. The van der Waals surface area contributed by atoms with E-state index in [2.05, 4.69) is 30.5 Å². The third-order valence-electron chi connectivity index (χ3n) is 5.06. The number of hydrogen-bond donors (Lipinski definition) is 1. The predicted molar refractivity (Wildman–Crippen MR) is 98.9 cm³/mol. The molecule has 0 bridgehead atoms. The fourth-order valence-electron chi connectivity index (χ4n) is 3.61. The van der Waals surface area contributed by atoms with Gasteiger partial charge in [0.2, 0.25) is 5.27 Å². The fourth-order valence-corrected chi connectivity index (χ4v) is 3.61. The Labute approximate surface area is 174 Å². The third kappa shape index (κ3) is 5.13. The average Bonchev–Trinajstić information content (AvgIpc) is 3.22. The highest BCUT2D eigenvalue weighted by Gasteiger charge is 2.33. The number of aromatic nitrogens is 5. The molecule has 3 aromatic rings. The number of aliphatic imine (C=N–C) groups is 1. The van der Waals surface area contributed by atoms with Crippen LogP contribution in [0.5, 0.6) is 0 Å². The lowest BCUT2D eigenvalue weighted by molar-refractivity contribution is -0.787. The lowest BCUT2D eigenvalue weighted by Gasteiger charge is -2.23. The van der Waals surface area contributed by atoms with Gasteiger partial charge in [0.25, 0.3) is 6.20 Å². The predicted octanol–water partition coefficient (Wildman–Crippen LogP) is 2.52.